The molecular weight excluding hydrogens is 476 g/mol. The normalized spacial score (nSPS) is 18.5. The molecule has 0 fully saturated rings. The molecule has 30 heavy (non-hydrogen) atoms. The first-order valence-electron chi connectivity index (χ1n) is 9.48. The highest BCUT2D eigenvalue weighted by molar-refractivity contribution is 9.11. The molecule has 1 atom stereocenters. The summed E-state index contributed by atoms with van der Waals surface area (Å²) in [5.41, 5.74) is 1.61. The number of hydrogen-bond acceptors (Lipinski definition) is 4. The monoisotopic (exact) mass is 493 g/mol. The number of halogens is 3. The lowest BCUT2D eigenvalue weighted by Crippen LogP contribution is -2.36. The number of carbonyl (C=O) groups is 2. The fourth-order valence-corrected chi connectivity index (χ4v) is 4.94. The van der Waals surface area contributed by atoms with Crippen molar-refractivity contribution >= 4 is 44.2 Å². The molecule has 0 radical (unpaired) electrons. The van der Waals surface area contributed by atoms with E-state index in [1.165, 1.54) is 29.5 Å². The van der Waals surface area contributed by atoms with Crippen LogP contribution in [0.1, 0.15) is 31.2 Å². The molecule has 9 heteroatoms. The number of aromatic nitrogens is 1. The number of anilines is 1. The van der Waals surface area contributed by atoms with Crippen LogP contribution < -0.4 is 5.32 Å². The summed E-state index contributed by atoms with van der Waals surface area (Å²) >= 11 is 4.59. The summed E-state index contributed by atoms with van der Waals surface area (Å²) in [4.78, 5) is 31.0. The average molecular weight is 494 g/mol. The highest BCUT2D eigenvalue weighted by atomic mass is 79.9. The molecule has 0 spiro atoms. The van der Waals surface area contributed by atoms with Crippen molar-refractivity contribution < 1.29 is 18.4 Å². The van der Waals surface area contributed by atoms with E-state index in [-0.39, 0.29) is 42.8 Å². The Labute approximate surface area is 184 Å². The molecular formula is C21H18BrF2N3O2S. The van der Waals surface area contributed by atoms with E-state index in [1.807, 2.05) is 0 Å². The summed E-state index contributed by atoms with van der Waals surface area (Å²) in [7, 11) is 0. The summed E-state index contributed by atoms with van der Waals surface area (Å²) in [5, 5.41) is 3.19. The Kier molecular flexibility index (Phi) is 6.10. The third kappa shape index (κ3) is 4.37. The number of carbonyl (C=O) groups excluding carboxylic acids is 2. The number of benzene rings is 1. The topological polar surface area (TPSA) is 62.3 Å². The van der Waals surface area contributed by atoms with Crippen LogP contribution in [0.2, 0.25) is 0 Å². The molecule has 1 unspecified atom stereocenters. The van der Waals surface area contributed by atoms with E-state index in [0.29, 0.717) is 29.1 Å². The van der Waals surface area contributed by atoms with Crippen molar-refractivity contribution in [2.45, 2.75) is 38.3 Å². The van der Waals surface area contributed by atoms with E-state index in [0.717, 1.165) is 9.35 Å². The minimum atomic E-state index is -0.539. The molecule has 1 aromatic heterocycles. The fraction of sp³-hybridized carbons (Fsp3) is 0.286. The second-order valence-corrected chi connectivity index (χ2v) is 9.52. The second kappa shape index (κ2) is 8.77. The fourth-order valence-electron chi connectivity index (χ4n) is 3.82. The average Bonchev–Trinajstić information content (AvgIpc) is 3.24. The van der Waals surface area contributed by atoms with Crippen LogP contribution in [0, 0.1) is 5.82 Å². The number of nitrogens with zero attached hydrogens (tertiary/aromatic N) is 2. The van der Waals surface area contributed by atoms with Crippen LogP contribution in [0.15, 0.2) is 57.3 Å². The van der Waals surface area contributed by atoms with Crippen molar-refractivity contribution in [3.8, 4) is 0 Å². The van der Waals surface area contributed by atoms with Crippen LogP contribution >= 0.6 is 27.3 Å². The van der Waals surface area contributed by atoms with Crippen molar-refractivity contribution in [2.75, 3.05) is 5.32 Å². The number of allylic oxidation sites excluding steroid dienone is 1. The van der Waals surface area contributed by atoms with Crippen molar-refractivity contribution in [3.63, 3.8) is 0 Å². The molecule has 1 aromatic carbocycles. The number of nitrogens with one attached hydrogen (secondary N) is 1. The minimum absolute atomic E-state index is 0.110. The van der Waals surface area contributed by atoms with E-state index < -0.39 is 6.04 Å². The van der Waals surface area contributed by atoms with Gasteiger partial charge in [-0.3, -0.25) is 9.59 Å². The van der Waals surface area contributed by atoms with Crippen molar-refractivity contribution in [3.05, 3.63) is 68.7 Å². The largest absolute Gasteiger partial charge is 0.327 e. The molecule has 0 saturated carbocycles. The Balaban J connectivity index is 1.51. The highest BCUT2D eigenvalue weighted by Crippen LogP contribution is 2.40. The molecule has 2 aliphatic rings. The Bertz CT molecular complexity index is 1050. The first-order valence-corrected chi connectivity index (χ1v) is 11.1. The van der Waals surface area contributed by atoms with Gasteiger partial charge in [0, 0.05) is 24.1 Å². The molecule has 2 amide bonds. The maximum atomic E-state index is 14.7. The van der Waals surface area contributed by atoms with E-state index in [9.17, 15) is 18.4 Å². The van der Waals surface area contributed by atoms with Crippen molar-refractivity contribution in [1.82, 2.24) is 9.88 Å². The SMILES string of the molecule is O=C(CCC1C2=C(CCC=C2F)C(=O)N1Cc1ccc(F)cc1)Nc1ncc(Br)s1. The molecule has 0 saturated heterocycles. The zero-order valence-corrected chi connectivity index (χ0v) is 18.2. The van der Waals surface area contributed by atoms with Gasteiger partial charge in [0.1, 0.15) is 11.6 Å². The third-order valence-corrected chi connectivity index (χ3v) is 6.56. The van der Waals surface area contributed by atoms with Gasteiger partial charge in [0.15, 0.2) is 5.13 Å². The van der Waals surface area contributed by atoms with Gasteiger partial charge in [0.25, 0.3) is 5.91 Å². The van der Waals surface area contributed by atoms with Crippen LogP contribution in [-0.2, 0) is 16.1 Å². The van der Waals surface area contributed by atoms with E-state index in [4.69, 9.17) is 0 Å². The zero-order valence-electron chi connectivity index (χ0n) is 15.8. The molecule has 2 aromatic rings. The van der Waals surface area contributed by atoms with Gasteiger partial charge in [-0.25, -0.2) is 13.8 Å². The van der Waals surface area contributed by atoms with Crippen LogP contribution in [0.4, 0.5) is 13.9 Å². The molecule has 4 rings (SSSR count). The maximum Gasteiger partial charge on any atom is 0.251 e. The quantitative estimate of drug-likeness (QED) is 0.607. The Hall–Kier alpha value is -2.39. The number of amides is 2. The molecule has 5 nitrogen and oxygen atoms in total. The summed E-state index contributed by atoms with van der Waals surface area (Å²) in [6.45, 7) is 0.227. The van der Waals surface area contributed by atoms with Crippen molar-refractivity contribution in [1.29, 1.82) is 0 Å². The minimum Gasteiger partial charge on any atom is -0.327 e. The maximum absolute atomic E-state index is 14.7. The van der Waals surface area contributed by atoms with Crippen LogP contribution in [-0.4, -0.2) is 27.7 Å². The van der Waals surface area contributed by atoms with Gasteiger partial charge in [-0.1, -0.05) is 23.5 Å². The lowest BCUT2D eigenvalue weighted by molar-refractivity contribution is -0.128. The van der Waals surface area contributed by atoms with Crippen LogP contribution in [0.5, 0.6) is 0 Å². The first-order chi connectivity index (χ1) is 14.4. The van der Waals surface area contributed by atoms with Gasteiger partial charge in [-0.05, 0) is 59.0 Å². The van der Waals surface area contributed by atoms with E-state index in [1.54, 1.807) is 23.2 Å². The Morgan fingerprint density at radius 1 is 1.30 bits per heavy atom. The van der Waals surface area contributed by atoms with E-state index in [2.05, 4.69) is 26.2 Å². The van der Waals surface area contributed by atoms with Crippen LogP contribution in [0.25, 0.3) is 0 Å². The number of hydrogen-bond donors (Lipinski definition) is 1. The number of rotatable bonds is 6. The molecule has 0 bridgehead atoms. The van der Waals surface area contributed by atoms with Gasteiger partial charge in [-0.15, -0.1) is 0 Å². The van der Waals surface area contributed by atoms with Gasteiger partial charge >= 0.3 is 0 Å². The molecule has 1 aliphatic carbocycles. The zero-order chi connectivity index (χ0) is 21.3. The van der Waals surface area contributed by atoms with Crippen molar-refractivity contribution in [2.24, 2.45) is 0 Å². The highest BCUT2D eigenvalue weighted by Gasteiger charge is 2.41. The van der Waals surface area contributed by atoms with Gasteiger partial charge < -0.3 is 10.2 Å². The molecule has 1 aliphatic heterocycles. The standard InChI is InChI=1S/C21H18BrF2N3O2S/c22-17-10-25-21(30-17)26-18(28)9-8-16-19-14(2-1-3-15(19)24)20(29)27(16)11-12-4-6-13(23)7-5-12/h3-7,10,16H,1-2,8-9,11H2,(H,25,26,28). The third-order valence-electron chi connectivity index (χ3n) is 5.16. The summed E-state index contributed by atoms with van der Waals surface area (Å²) in [6.07, 6.45) is 4.45. The van der Waals surface area contributed by atoms with Gasteiger partial charge in [0.2, 0.25) is 5.91 Å². The Morgan fingerprint density at radius 3 is 2.77 bits per heavy atom. The molecule has 1 N–H and O–H groups in total. The summed E-state index contributed by atoms with van der Waals surface area (Å²) < 4.78 is 28.7. The van der Waals surface area contributed by atoms with Gasteiger partial charge in [-0.2, -0.15) is 0 Å². The first kappa shape index (κ1) is 20.9. The van der Waals surface area contributed by atoms with Gasteiger partial charge in [0.05, 0.1) is 16.0 Å². The Morgan fingerprint density at radius 2 is 2.07 bits per heavy atom. The van der Waals surface area contributed by atoms with Crippen LogP contribution in [0.3, 0.4) is 0 Å². The lowest BCUT2D eigenvalue weighted by atomic mass is 9.93. The molecule has 156 valence electrons. The van der Waals surface area contributed by atoms with E-state index >= 15 is 0 Å². The smallest absolute Gasteiger partial charge is 0.251 e. The molecule has 2 heterocycles. The second-order valence-electron chi connectivity index (χ2n) is 7.11. The number of thiazole rings is 1. The predicted molar refractivity (Wildman–Crippen MR) is 114 cm³/mol. The predicted octanol–water partition coefficient (Wildman–Crippen LogP) is 5.12. The lowest BCUT2D eigenvalue weighted by Gasteiger charge is -2.27. The summed E-state index contributed by atoms with van der Waals surface area (Å²) in [6, 6.07) is 5.34. The summed E-state index contributed by atoms with van der Waals surface area (Å²) in [5.74, 6) is -1.22.